The summed E-state index contributed by atoms with van der Waals surface area (Å²) in [4.78, 5) is 22.4. The first-order chi connectivity index (χ1) is 9.63. The lowest BCUT2D eigenvalue weighted by Gasteiger charge is -2.13. The van der Waals surface area contributed by atoms with Crippen LogP contribution in [0.1, 0.15) is 26.2 Å². The van der Waals surface area contributed by atoms with E-state index in [2.05, 4.69) is 20.9 Å². The maximum atomic E-state index is 11.5. The van der Waals surface area contributed by atoms with Crippen molar-refractivity contribution in [2.24, 2.45) is 5.92 Å². The van der Waals surface area contributed by atoms with Crippen molar-refractivity contribution < 1.29 is 14.7 Å². The normalized spacial score (nSPS) is 11.8. The Labute approximate surface area is 117 Å². The van der Waals surface area contributed by atoms with Gasteiger partial charge in [-0.3, -0.25) is 9.48 Å². The molecule has 0 spiro atoms. The van der Waals surface area contributed by atoms with Crippen molar-refractivity contribution in [1.29, 1.82) is 0 Å². The molecule has 112 valence electrons. The molecule has 0 saturated heterocycles. The zero-order chi connectivity index (χ0) is 14.8. The van der Waals surface area contributed by atoms with Gasteiger partial charge in [-0.1, -0.05) is 18.6 Å². The van der Waals surface area contributed by atoms with Gasteiger partial charge in [0.1, 0.15) is 0 Å². The lowest BCUT2D eigenvalue weighted by Crippen LogP contribution is -2.40. The Balaban J connectivity index is 2.11. The maximum absolute atomic E-state index is 11.5. The van der Waals surface area contributed by atoms with Gasteiger partial charge in [0.25, 0.3) is 0 Å². The van der Waals surface area contributed by atoms with E-state index in [0.717, 1.165) is 12.8 Å². The van der Waals surface area contributed by atoms with Gasteiger partial charge < -0.3 is 15.7 Å². The van der Waals surface area contributed by atoms with Crippen molar-refractivity contribution >= 4 is 12.0 Å². The van der Waals surface area contributed by atoms with Crippen molar-refractivity contribution in [3.8, 4) is 0 Å². The van der Waals surface area contributed by atoms with E-state index in [1.807, 2.05) is 6.92 Å². The number of aliphatic carboxylic acids is 1. The summed E-state index contributed by atoms with van der Waals surface area (Å²) in [5, 5.41) is 21.7. The smallest absolute Gasteiger partial charge is 0.314 e. The van der Waals surface area contributed by atoms with Crippen LogP contribution in [-0.4, -0.2) is 45.2 Å². The van der Waals surface area contributed by atoms with E-state index in [9.17, 15) is 9.59 Å². The fraction of sp³-hybridized carbons (Fsp3) is 0.667. The van der Waals surface area contributed by atoms with Gasteiger partial charge in [-0.2, -0.15) is 0 Å². The number of urea groups is 1. The minimum atomic E-state index is -0.877. The molecule has 3 N–H and O–H groups in total. The minimum absolute atomic E-state index is 0.151. The van der Waals surface area contributed by atoms with E-state index in [-0.39, 0.29) is 12.6 Å². The third-order valence-corrected chi connectivity index (χ3v) is 2.82. The lowest BCUT2D eigenvalue weighted by atomic mass is 10.0. The van der Waals surface area contributed by atoms with Crippen molar-refractivity contribution in [3.05, 3.63) is 12.4 Å². The van der Waals surface area contributed by atoms with E-state index in [1.165, 1.54) is 0 Å². The van der Waals surface area contributed by atoms with Gasteiger partial charge in [0.05, 0.1) is 12.1 Å². The summed E-state index contributed by atoms with van der Waals surface area (Å²) < 4.78 is 1.68. The highest BCUT2D eigenvalue weighted by Crippen LogP contribution is 2.04. The molecule has 0 fully saturated rings. The summed E-state index contributed by atoms with van der Waals surface area (Å²) in [7, 11) is 0. The third-order valence-electron chi connectivity index (χ3n) is 2.82. The maximum Gasteiger partial charge on any atom is 0.314 e. The molecule has 8 heteroatoms. The number of hydrogen-bond acceptors (Lipinski definition) is 4. The average molecular weight is 283 g/mol. The molecule has 0 saturated carbocycles. The van der Waals surface area contributed by atoms with Crippen molar-refractivity contribution in [1.82, 2.24) is 25.6 Å². The summed E-state index contributed by atoms with van der Waals surface area (Å²) in [6, 6.07) is -0.342. The number of carboxylic acid groups (broad SMARTS) is 1. The first-order valence-corrected chi connectivity index (χ1v) is 6.72. The van der Waals surface area contributed by atoms with Crippen LogP contribution < -0.4 is 10.6 Å². The standard InChI is InChI=1S/C12H21N5O3/c1-2-4-10(11(18)19)9-14-12(20)13-5-3-7-17-8-6-15-16-17/h6,8,10H,2-5,7,9H2,1H3,(H,18,19)(H2,13,14,20). The van der Waals surface area contributed by atoms with E-state index in [1.54, 1.807) is 17.1 Å². The van der Waals surface area contributed by atoms with Crippen LogP contribution in [0.25, 0.3) is 0 Å². The van der Waals surface area contributed by atoms with Gasteiger partial charge in [0, 0.05) is 25.8 Å². The molecule has 20 heavy (non-hydrogen) atoms. The number of nitrogens with zero attached hydrogens (tertiary/aromatic N) is 3. The Morgan fingerprint density at radius 1 is 1.40 bits per heavy atom. The first kappa shape index (κ1) is 15.9. The Bertz CT molecular complexity index is 407. The van der Waals surface area contributed by atoms with E-state index >= 15 is 0 Å². The molecule has 1 rings (SSSR count). The number of aryl methyl sites for hydroxylation is 1. The topological polar surface area (TPSA) is 109 Å². The third kappa shape index (κ3) is 6.17. The number of rotatable bonds is 9. The average Bonchev–Trinajstić information content (AvgIpc) is 2.92. The monoisotopic (exact) mass is 283 g/mol. The zero-order valence-electron chi connectivity index (χ0n) is 11.6. The fourth-order valence-corrected chi connectivity index (χ4v) is 1.73. The van der Waals surface area contributed by atoms with Crippen LogP contribution >= 0.6 is 0 Å². The molecule has 1 aromatic rings. The molecule has 0 aliphatic carbocycles. The number of nitrogens with one attached hydrogen (secondary N) is 2. The van der Waals surface area contributed by atoms with Gasteiger partial charge in [0.2, 0.25) is 0 Å². The van der Waals surface area contributed by atoms with Crippen LogP contribution in [-0.2, 0) is 11.3 Å². The quantitative estimate of drug-likeness (QED) is 0.571. The number of amides is 2. The Morgan fingerprint density at radius 2 is 2.20 bits per heavy atom. The highest BCUT2D eigenvalue weighted by atomic mass is 16.4. The second kappa shape index (κ2) is 8.89. The SMILES string of the molecule is CCCC(CNC(=O)NCCCn1ccnn1)C(=O)O. The molecule has 0 aliphatic heterocycles. The minimum Gasteiger partial charge on any atom is -0.481 e. The highest BCUT2D eigenvalue weighted by molar-refractivity contribution is 5.75. The van der Waals surface area contributed by atoms with Crippen LogP contribution in [0, 0.1) is 5.92 Å². The molecule has 0 radical (unpaired) electrons. The summed E-state index contributed by atoms with van der Waals surface area (Å²) >= 11 is 0. The van der Waals surface area contributed by atoms with Crippen LogP contribution in [0.2, 0.25) is 0 Å². The number of carboxylic acids is 1. The molecule has 1 atom stereocenters. The predicted octanol–water partition coefficient (Wildman–Crippen LogP) is 0.468. The molecule has 2 amide bonds. The van der Waals surface area contributed by atoms with Crippen LogP contribution in [0.15, 0.2) is 12.4 Å². The van der Waals surface area contributed by atoms with Gasteiger partial charge in [-0.25, -0.2) is 4.79 Å². The molecule has 8 nitrogen and oxygen atoms in total. The summed E-state index contributed by atoms with van der Waals surface area (Å²) in [6.07, 6.45) is 5.41. The van der Waals surface area contributed by atoms with Crippen molar-refractivity contribution in [2.45, 2.75) is 32.7 Å². The highest BCUT2D eigenvalue weighted by Gasteiger charge is 2.16. The molecule has 0 aliphatic rings. The Morgan fingerprint density at radius 3 is 2.80 bits per heavy atom. The predicted molar refractivity (Wildman–Crippen MR) is 72.1 cm³/mol. The molecule has 1 aromatic heterocycles. The number of carbonyl (C=O) groups excluding carboxylic acids is 1. The van der Waals surface area contributed by atoms with Crippen LogP contribution in [0.3, 0.4) is 0 Å². The molecule has 0 aromatic carbocycles. The molecule has 1 heterocycles. The largest absolute Gasteiger partial charge is 0.481 e. The van der Waals surface area contributed by atoms with Gasteiger partial charge >= 0.3 is 12.0 Å². The van der Waals surface area contributed by atoms with E-state index in [4.69, 9.17) is 5.11 Å². The van der Waals surface area contributed by atoms with Crippen molar-refractivity contribution in [2.75, 3.05) is 13.1 Å². The summed E-state index contributed by atoms with van der Waals surface area (Å²) in [6.45, 7) is 3.24. The van der Waals surface area contributed by atoms with Crippen molar-refractivity contribution in [3.63, 3.8) is 0 Å². The second-order valence-electron chi connectivity index (χ2n) is 4.48. The lowest BCUT2D eigenvalue weighted by molar-refractivity contribution is -0.141. The number of hydrogen-bond donors (Lipinski definition) is 3. The molecule has 0 bridgehead atoms. The fourth-order valence-electron chi connectivity index (χ4n) is 1.73. The van der Waals surface area contributed by atoms with Gasteiger partial charge in [0.15, 0.2) is 0 Å². The summed E-state index contributed by atoms with van der Waals surface area (Å²) in [5.74, 6) is -1.40. The zero-order valence-corrected chi connectivity index (χ0v) is 11.6. The Hall–Kier alpha value is -2.12. The Kier molecular flexibility index (Phi) is 7.08. The second-order valence-corrected chi connectivity index (χ2v) is 4.48. The molecule has 1 unspecified atom stereocenters. The van der Waals surface area contributed by atoms with E-state index in [0.29, 0.717) is 19.5 Å². The van der Waals surface area contributed by atoms with Crippen LogP contribution in [0.5, 0.6) is 0 Å². The first-order valence-electron chi connectivity index (χ1n) is 6.72. The molecular formula is C12H21N5O3. The number of aromatic nitrogens is 3. The van der Waals surface area contributed by atoms with Gasteiger partial charge in [-0.15, -0.1) is 5.10 Å². The number of carbonyl (C=O) groups is 2. The van der Waals surface area contributed by atoms with E-state index < -0.39 is 11.9 Å². The van der Waals surface area contributed by atoms with Crippen LogP contribution in [0.4, 0.5) is 4.79 Å². The van der Waals surface area contributed by atoms with Gasteiger partial charge in [-0.05, 0) is 12.8 Å². The molecular weight excluding hydrogens is 262 g/mol. The summed E-state index contributed by atoms with van der Waals surface area (Å²) in [5.41, 5.74) is 0.